The fraction of sp³-hybridized carbons (Fsp3) is 0.692. The number of hydrogen-bond donors (Lipinski definition) is 1. The zero-order chi connectivity index (χ0) is 13.7. The number of ether oxygens (including phenoxy) is 1. The fourth-order valence-electron chi connectivity index (χ4n) is 1.61. The van der Waals surface area contributed by atoms with Gasteiger partial charge in [-0.25, -0.2) is 9.97 Å². The molecule has 0 spiro atoms. The van der Waals surface area contributed by atoms with Gasteiger partial charge in [-0.05, 0) is 42.4 Å². The minimum atomic E-state index is 0.138. The lowest BCUT2D eigenvalue weighted by molar-refractivity contribution is 0.117. The molecule has 1 aromatic rings. The van der Waals surface area contributed by atoms with Gasteiger partial charge < -0.3 is 10.1 Å². The van der Waals surface area contributed by atoms with E-state index in [2.05, 4.69) is 58.6 Å². The number of nitrogens with one attached hydrogen (secondary N) is 1. The molecular weight excluding hydrogens is 341 g/mol. The molecular formula is C13H22IN3O. The predicted molar refractivity (Wildman–Crippen MR) is 83.2 cm³/mol. The highest BCUT2D eigenvalue weighted by Crippen LogP contribution is 2.25. The van der Waals surface area contributed by atoms with Crippen LogP contribution in [0, 0.1) is 3.57 Å². The number of hydrogen-bond acceptors (Lipinski definition) is 4. The smallest absolute Gasteiger partial charge is 0.143 e. The summed E-state index contributed by atoms with van der Waals surface area (Å²) in [5, 5.41) is 3.30. The molecule has 1 N–H and O–H groups in total. The van der Waals surface area contributed by atoms with Gasteiger partial charge in [-0.3, -0.25) is 0 Å². The highest BCUT2D eigenvalue weighted by molar-refractivity contribution is 14.1. The highest BCUT2D eigenvalue weighted by atomic mass is 127. The summed E-state index contributed by atoms with van der Waals surface area (Å²) in [6.07, 6.45) is 0.880. The molecule has 0 aliphatic rings. The van der Waals surface area contributed by atoms with Crippen molar-refractivity contribution in [3.05, 3.63) is 15.1 Å². The number of aromatic nitrogens is 2. The van der Waals surface area contributed by atoms with Crippen LogP contribution in [0.1, 0.15) is 45.1 Å². The summed E-state index contributed by atoms with van der Waals surface area (Å²) in [6.45, 7) is 9.28. The Balaban J connectivity index is 3.11. The molecule has 0 amide bonds. The monoisotopic (exact) mass is 363 g/mol. The van der Waals surface area contributed by atoms with E-state index >= 15 is 0 Å². The number of nitrogens with zero attached hydrogens (tertiary/aromatic N) is 2. The Labute approximate surface area is 123 Å². The van der Waals surface area contributed by atoms with E-state index in [0.717, 1.165) is 33.9 Å². The first kappa shape index (κ1) is 15.6. The van der Waals surface area contributed by atoms with Gasteiger partial charge in [0.05, 0.1) is 15.4 Å². The predicted octanol–water partition coefficient (Wildman–Crippen LogP) is 3.21. The van der Waals surface area contributed by atoms with E-state index in [-0.39, 0.29) is 6.10 Å². The molecule has 1 heterocycles. The minimum absolute atomic E-state index is 0.138. The molecule has 1 unspecified atom stereocenters. The molecule has 102 valence electrons. The Kier molecular flexibility index (Phi) is 6.28. The zero-order valence-corrected chi connectivity index (χ0v) is 13.9. The van der Waals surface area contributed by atoms with Crippen molar-refractivity contribution in [2.75, 3.05) is 19.0 Å². The van der Waals surface area contributed by atoms with Crippen LogP contribution < -0.4 is 5.32 Å². The molecule has 0 saturated carbocycles. The molecule has 1 aromatic heterocycles. The average Bonchev–Trinajstić information content (AvgIpc) is 2.32. The van der Waals surface area contributed by atoms with Crippen LogP contribution in [0.5, 0.6) is 0 Å². The molecule has 0 aliphatic carbocycles. The molecule has 0 saturated heterocycles. The Morgan fingerprint density at radius 3 is 2.44 bits per heavy atom. The maximum atomic E-state index is 5.28. The van der Waals surface area contributed by atoms with Crippen molar-refractivity contribution in [1.82, 2.24) is 9.97 Å². The lowest BCUT2D eigenvalue weighted by atomic mass is 10.1. The lowest BCUT2D eigenvalue weighted by Gasteiger charge is -2.15. The number of rotatable bonds is 6. The van der Waals surface area contributed by atoms with E-state index in [4.69, 9.17) is 4.74 Å². The third-order valence-electron chi connectivity index (χ3n) is 2.69. The van der Waals surface area contributed by atoms with Gasteiger partial charge in [0.1, 0.15) is 11.6 Å². The SMILES string of the molecule is CCNc1nc(CC(C)OC)nc(C(C)C)c1I. The van der Waals surface area contributed by atoms with Crippen LogP contribution in [0.4, 0.5) is 5.82 Å². The van der Waals surface area contributed by atoms with Crippen LogP contribution >= 0.6 is 22.6 Å². The first-order valence-electron chi connectivity index (χ1n) is 6.32. The Bertz CT molecular complexity index is 396. The highest BCUT2D eigenvalue weighted by Gasteiger charge is 2.15. The van der Waals surface area contributed by atoms with Gasteiger partial charge in [0.2, 0.25) is 0 Å². The van der Waals surface area contributed by atoms with Crippen LogP contribution in [0.25, 0.3) is 0 Å². The van der Waals surface area contributed by atoms with Crippen molar-refractivity contribution >= 4 is 28.4 Å². The summed E-state index contributed by atoms with van der Waals surface area (Å²) >= 11 is 2.32. The zero-order valence-electron chi connectivity index (χ0n) is 11.7. The van der Waals surface area contributed by atoms with Crippen LogP contribution in [0.15, 0.2) is 0 Å². The van der Waals surface area contributed by atoms with Crippen molar-refractivity contribution in [3.8, 4) is 0 Å². The number of anilines is 1. The van der Waals surface area contributed by atoms with Crippen molar-refractivity contribution in [1.29, 1.82) is 0 Å². The molecule has 0 bridgehead atoms. The Morgan fingerprint density at radius 1 is 1.28 bits per heavy atom. The minimum Gasteiger partial charge on any atom is -0.381 e. The molecule has 18 heavy (non-hydrogen) atoms. The summed E-state index contributed by atoms with van der Waals surface area (Å²) in [7, 11) is 1.71. The summed E-state index contributed by atoms with van der Waals surface area (Å²) in [5.41, 5.74) is 1.11. The van der Waals surface area contributed by atoms with E-state index in [1.165, 1.54) is 0 Å². The topological polar surface area (TPSA) is 47.0 Å². The summed E-state index contributed by atoms with van der Waals surface area (Å²) in [6, 6.07) is 0. The third kappa shape index (κ3) is 4.05. The van der Waals surface area contributed by atoms with E-state index < -0.39 is 0 Å². The third-order valence-corrected chi connectivity index (χ3v) is 3.75. The molecule has 4 nitrogen and oxygen atoms in total. The van der Waals surface area contributed by atoms with Gasteiger partial charge in [-0.15, -0.1) is 0 Å². The maximum absolute atomic E-state index is 5.28. The van der Waals surface area contributed by atoms with Crippen LogP contribution in [-0.2, 0) is 11.2 Å². The molecule has 5 heteroatoms. The van der Waals surface area contributed by atoms with Gasteiger partial charge in [-0.2, -0.15) is 0 Å². The van der Waals surface area contributed by atoms with Gasteiger partial charge in [-0.1, -0.05) is 13.8 Å². The first-order valence-corrected chi connectivity index (χ1v) is 7.40. The molecule has 1 atom stereocenters. The van der Waals surface area contributed by atoms with Crippen LogP contribution in [-0.4, -0.2) is 29.7 Å². The van der Waals surface area contributed by atoms with Crippen molar-refractivity contribution in [2.45, 2.75) is 46.1 Å². The lowest BCUT2D eigenvalue weighted by Crippen LogP contribution is -2.15. The van der Waals surface area contributed by atoms with Crippen molar-refractivity contribution in [3.63, 3.8) is 0 Å². The van der Waals surface area contributed by atoms with Crippen molar-refractivity contribution < 1.29 is 4.74 Å². The molecule has 0 aliphatic heterocycles. The fourth-order valence-corrected chi connectivity index (χ4v) is 2.67. The van der Waals surface area contributed by atoms with E-state index in [0.29, 0.717) is 5.92 Å². The largest absolute Gasteiger partial charge is 0.381 e. The summed E-state index contributed by atoms with van der Waals surface area (Å²) < 4.78 is 6.41. The molecule has 0 aromatic carbocycles. The van der Waals surface area contributed by atoms with Gasteiger partial charge in [0, 0.05) is 20.1 Å². The molecule has 0 radical (unpaired) electrons. The Hall–Kier alpha value is -0.430. The average molecular weight is 363 g/mol. The van der Waals surface area contributed by atoms with Gasteiger partial charge in [0.25, 0.3) is 0 Å². The van der Waals surface area contributed by atoms with Crippen molar-refractivity contribution in [2.24, 2.45) is 0 Å². The summed E-state index contributed by atoms with van der Waals surface area (Å²) in [5.74, 6) is 2.19. The van der Waals surface area contributed by atoms with Crippen LogP contribution in [0.2, 0.25) is 0 Å². The maximum Gasteiger partial charge on any atom is 0.143 e. The van der Waals surface area contributed by atoms with E-state index in [9.17, 15) is 0 Å². The molecule has 0 fully saturated rings. The normalized spacial score (nSPS) is 12.8. The Morgan fingerprint density at radius 2 is 1.94 bits per heavy atom. The number of methoxy groups -OCH3 is 1. The summed E-state index contributed by atoms with van der Waals surface area (Å²) in [4.78, 5) is 9.25. The van der Waals surface area contributed by atoms with Gasteiger partial charge >= 0.3 is 0 Å². The number of halogens is 1. The first-order chi connectivity index (χ1) is 8.49. The quantitative estimate of drug-likeness (QED) is 0.789. The second-order valence-corrected chi connectivity index (χ2v) is 5.70. The second-order valence-electron chi connectivity index (χ2n) is 4.62. The molecule has 1 rings (SSSR count). The van der Waals surface area contributed by atoms with E-state index in [1.807, 2.05) is 6.92 Å². The van der Waals surface area contributed by atoms with Gasteiger partial charge in [0.15, 0.2) is 0 Å². The second kappa shape index (κ2) is 7.23. The standard InChI is InChI=1S/C13H22IN3O/c1-6-15-13-11(14)12(8(2)3)16-10(17-13)7-9(4)18-5/h8-9H,6-7H2,1-5H3,(H,15,16,17). The van der Waals surface area contributed by atoms with E-state index in [1.54, 1.807) is 7.11 Å². The van der Waals surface area contributed by atoms with Crippen LogP contribution in [0.3, 0.4) is 0 Å².